The van der Waals surface area contributed by atoms with Crippen molar-refractivity contribution in [3.63, 3.8) is 0 Å². The van der Waals surface area contributed by atoms with Crippen molar-refractivity contribution in [1.29, 1.82) is 0 Å². The average molecular weight is 268 g/mol. The summed E-state index contributed by atoms with van der Waals surface area (Å²) in [6.45, 7) is 0.385. The van der Waals surface area contributed by atoms with Gasteiger partial charge in [0.2, 0.25) is 10.0 Å². The van der Waals surface area contributed by atoms with Gasteiger partial charge in [-0.2, -0.15) is 0 Å². The summed E-state index contributed by atoms with van der Waals surface area (Å²) >= 11 is 2.88. The van der Waals surface area contributed by atoms with Gasteiger partial charge in [-0.05, 0) is 0 Å². The van der Waals surface area contributed by atoms with Crippen LogP contribution in [0.25, 0.3) is 0 Å². The number of sulfonamides is 1. The van der Waals surface area contributed by atoms with E-state index in [2.05, 4.69) is 30.6 Å². The second kappa shape index (κ2) is 4.73. The summed E-state index contributed by atoms with van der Waals surface area (Å²) < 4.78 is 24.2. The highest BCUT2D eigenvalue weighted by molar-refractivity contribution is 9.10. The predicted octanol–water partition coefficient (Wildman–Crippen LogP) is 0.224. The van der Waals surface area contributed by atoms with Crippen LogP contribution in [-0.4, -0.2) is 29.6 Å². The molecule has 0 bridgehead atoms. The number of hydrogen-bond acceptors (Lipinski definition) is 3. The standard InChI is InChI=1S/C6H10BrN3O2S/c7-4-13(11,12)10-2-1-6-3-8-5-9-6/h3,5,10H,1-2,4H2,(H,8,9). The van der Waals surface area contributed by atoms with E-state index in [0.29, 0.717) is 13.0 Å². The van der Waals surface area contributed by atoms with E-state index in [0.717, 1.165) is 5.69 Å². The first-order valence-corrected chi connectivity index (χ1v) is 6.42. The largest absolute Gasteiger partial charge is 0.348 e. The number of aromatic amines is 1. The van der Waals surface area contributed by atoms with E-state index in [-0.39, 0.29) is 4.66 Å². The molecular formula is C6H10BrN3O2S. The SMILES string of the molecule is O=S(=O)(CBr)NCCc1cnc[nH]1. The third-order valence-corrected chi connectivity index (χ3v) is 4.15. The monoisotopic (exact) mass is 267 g/mol. The van der Waals surface area contributed by atoms with E-state index < -0.39 is 10.0 Å². The van der Waals surface area contributed by atoms with Gasteiger partial charge in [0, 0.05) is 24.9 Å². The number of hydrogen-bond donors (Lipinski definition) is 2. The molecule has 0 radical (unpaired) electrons. The molecule has 0 saturated heterocycles. The lowest BCUT2D eigenvalue weighted by molar-refractivity contribution is 0.586. The molecule has 1 rings (SSSR count). The van der Waals surface area contributed by atoms with E-state index in [1.54, 1.807) is 12.5 Å². The predicted molar refractivity (Wildman–Crippen MR) is 53.0 cm³/mol. The van der Waals surface area contributed by atoms with Crippen molar-refractivity contribution in [2.24, 2.45) is 0 Å². The van der Waals surface area contributed by atoms with Crippen LogP contribution < -0.4 is 4.72 Å². The Labute approximate surface area is 85.1 Å². The molecule has 13 heavy (non-hydrogen) atoms. The van der Waals surface area contributed by atoms with Crippen molar-refractivity contribution in [3.8, 4) is 0 Å². The van der Waals surface area contributed by atoms with Crippen LogP contribution in [0, 0.1) is 0 Å². The van der Waals surface area contributed by atoms with E-state index in [1.165, 1.54) is 0 Å². The molecule has 0 atom stereocenters. The van der Waals surface area contributed by atoms with Crippen LogP contribution in [0.2, 0.25) is 0 Å². The zero-order chi connectivity index (χ0) is 9.73. The zero-order valence-electron chi connectivity index (χ0n) is 6.83. The lowest BCUT2D eigenvalue weighted by atomic mass is 10.3. The van der Waals surface area contributed by atoms with Crippen LogP contribution in [-0.2, 0) is 16.4 Å². The van der Waals surface area contributed by atoms with Crippen LogP contribution >= 0.6 is 15.9 Å². The smallest absolute Gasteiger partial charge is 0.221 e. The number of aromatic nitrogens is 2. The molecule has 0 spiro atoms. The molecule has 7 heteroatoms. The third kappa shape index (κ3) is 3.88. The summed E-state index contributed by atoms with van der Waals surface area (Å²) in [6, 6.07) is 0. The molecule has 0 fully saturated rings. The number of imidazole rings is 1. The quantitative estimate of drug-likeness (QED) is 0.750. The molecule has 2 N–H and O–H groups in total. The maximum Gasteiger partial charge on any atom is 0.221 e. The lowest BCUT2D eigenvalue weighted by Gasteiger charge is -2.01. The van der Waals surface area contributed by atoms with Gasteiger partial charge in [-0.15, -0.1) is 0 Å². The molecule has 0 aromatic carbocycles. The second-order valence-corrected chi connectivity index (χ2v) is 5.55. The Morgan fingerprint density at radius 2 is 2.38 bits per heavy atom. The highest BCUT2D eigenvalue weighted by Gasteiger charge is 2.05. The molecule has 0 unspecified atom stereocenters. The highest BCUT2D eigenvalue weighted by Crippen LogP contribution is 1.94. The Hall–Kier alpha value is -0.400. The van der Waals surface area contributed by atoms with Crippen molar-refractivity contribution in [2.75, 3.05) is 11.2 Å². The lowest BCUT2D eigenvalue weighted by Crippen LogP contribution is -2.26. The van der Waals surface area contributed by atoms with Gasteiger partial charge in [0.1, 0.15) is 4.66 Å². The number of nitrogens with one attached hydrogen (secondary N) is 2. The molecule has 1 heterocycles. The van der Waals surface area contributed by atoms with Gasteiger partial charge in [-0.1, -0.05) is 15.9 Å². The minimum Gasteiger partial charge on any atom is -0.348 e. The van der Waals surface area contributed by atoms with E-state index in [9.17, 15) is 8.42 Å². The van der Waals surface area contributed by atoms with Gasteiger partial charge in [0.05, 0.1) is 6.33 Å². The second-order valence-electron chi connectivity index (χ2n) is 2.45. The van der Waals surface area contributed by atoms with Gasteiger partial charge in [-0.25, -0.2) is 18.1 Å². The Morgan fingerprint density at radius 1 is 1.62 bits per heavy atom. The first-order valence-electron chi connectivity index (χ1n) is 3.64. The molecule has 1 aromatic rings. The van der Waals surface area contributed by atoms with Gasteiger partial charge in [-0.3, -0.25) is 0 Å². The number of halogens is 1. The van der Waals surface area contributed by atoms with Crippen LogP contribution in [0.3, 0.4) is 0 Å². The molecule has 0 aliphatic rings. The zero-order valence-corrected chi connectivity index (χ0v) is 9.23. The Kier molecular flexibility index (Phi) is 3.89. The first-order chi connectivity index (χ1) is 6.14. The van der Waals surface area contributed by atoms with Gasteiger partial charge in [0.15, 0.2) is 0 Å². The van der Waals surface area contributed by atoms with Crippen molar-refractivity contribution in [2.45, 2.75) is 6.42 Å². The molecule has 1 aromatic heterocycles. The molecule has 0 amide bonds. The number of rotatable bonds is 5. The van der Waals surface area contributed by atoms with E-state index >= 15 is 0 Å². The summed E-state index contributed by atoms with van der Waals surface area (Å²) in [5.41, 5.74) is 0.914. The summed E-state index contributed by atoms with van der Waals surface area (Å²) in [4.78, 5) is 6.70. The molecule has 0 aliphatic carbocycles. The summed E-state index contributed by atoms with van der Waals surface area (Å²) in [5, 5.41) is 0. The minimum absolute atomic E-state index is 0.0665. The fraction of sp³-hybridized carbons (Fsp3) is 0.500. The van der Waals surface area contributed by atoms with Crippen molar-refractivity contribution < 1.29 is 8.42 Å². The average Bonchev–Trinajstić information content (AvgIpc) is 2.57. The van der Waals surface area contributed by atoms with Gasteiger partial charge >= 0.3 is 0 Å². The van der Waals surface area contributed by atoms with E-state index in [4.69, 9.17) is 0 Å². The topological polar surface area (TPSA) is 74.8 Å². The number of nitrogens with zero attached hydrogens (tertiary/aromatic N) is 1. The van der Waals surface area contributed by atoms with Crippen LogP contribution in [0.1, 0.15) is 5.69 Å². The van der Waals surface area contributed by atoms with Crippen LogP contribution in [0.4, 0.5) is 0 Å². The summed E-state index contributed by atoms with van der Waals surface area (Å²) in [7, 11) is -3.14. The Balaban J connectivity index is 2.30. The molecule has 74 valence electrons. The molecule has 5 nitrogen and oxygen atoms in total. The molecular weight excluding hydrogens is 258 g/mol. The van der Waals surface area contributed by atoms with Crippen molar-refractivity contribution in [3.05, 3.63) is 18.2 Å². The van der Waals surface area contributed by atoms with E-state index in [1.807, 2.05) is 0 Å². The Morgan fingerprint density at radius 3 is 2.92 bits per heavy atom. The van der Waals surface area contributed by atoms with Crippen LogP contribution in [0.5, 0.6) is 0 Å². The third-order valence-electron chi connectivity index (χ3n) is 1.41. The van der Waals surface area contributed by atoms with Gasteiger partial charge in [0.25, 0.3) is 0 Å². The fourth-order valence-corrected chi connectivity index (χ4v) is 1.78. The van der Waals surface area contributed by atoms with Crippen molar-refractivity contribution >= 4 is 26.0 Å². The molecule has 0 aliphatic heterocycles. The van der Waals surface area contributed by atoms with Crippen LogP contribution in [0.15, 0.2) is 12.5 Å². The van der Waals surface area contributed by atoms with Crippen molar-refractivity contribution in [1.82, 2.24) is 14.7 Å². The fourth-order valence-electron chi connectivity index (χ4n) is 0.801. The number of alkyl halides is 1. The maximum atomic E-state index is 10.9. The minimum atomic E-state index is -3.14. The Bertz CT molecular complexity index is 335. The highest BCUT2D eigenvalue weighted by atomic mass is 79.9. The normalized spacial score (nSPS) is 11.8. The first kappa shape index (κ1) is 10.7. The maximum absolute atomic E-state index is 10.9. The summed E-state index contributed by atoms with van der Waals surface area (Å²) in [5.74, 6) is 0. The summed E-state index contributed by atoms with van der Waals surface area (Å²) in [6.07, 6.45) is 3.85. The van der Waals surface area contributed by atoms with Gasteiger partial charge < -0.3 is 4.98 Å². The molecule has 0 saturated carbocycles. The number of H-pyrrole nitrogens is 1.